The van der Waals surface area contributed by atoms with E-state index in [1.807, 2.05) is 43.0 Å². The molecule has 1 saturated heterocycles. The first-order valence-electron chi connectivity index (χ1n) is 10.9. The molecule has 4 rings (SSSR count). The lowest BCUT2D eigenvalue weighted by Crippen LogP contribution is -2.51. The zero-order valence-electron chi connectivity index (χ0n) is 18.6. The van der Waals surface area contributed by atoms with Crippen molar-refractivity contribution >= 4 is 34.2 Å². The minimum absolute atomic E-state index is 0.0509. The number of rotatable bonds is 4. The van der Waals surface area contributed by atoms with Gasteiger partial charge >= 0.3 is 6.03 Å². The summed E-state index contributed by atoms with van der Waals surface area (Å²) in [5, 5.41) is 4.03. The van der Waals surface area contributed by atoms with Crippen LogP contribution in [0.15, 0.2) is 47.3 Å². The first-order valence-corrected chi connectivity index (χ1v) is 11.3. The van der Waals surface area contributed by atoms with E-state index in [4.69, 9.17) is 16.6 Å². The maximum Gasteiger partial charge on any atom is 0.321 e. The van der Waals surface area contributed by atoms with Crippen molar-refractivity contribution < 1.29 is 4.79 Å². The Kier molecular flexibility index (Phi) is 6.48. The number of nitrogens with one attached hydrogen (secondary N) is 1. The quantitative estimate of drug-likeness (QED) is 0.639. The van der Waals surface area contributed by atoms with Crippen LogP contribution in [-0.4, -0.2) is 51.6 Å². The lowest BCUT2D eigenvalue weighted by atomic mass is 10.1. The standard InChI is InChI=1S/C24H28ClN5O2/c1-4-30-22(27-21-10-7-18(25)15-20(21)23(30)31)17(3)28-11-13-29(14-12-28)24(32)26-19-8-5-16(2)6-9-19/h5-10,15,17H,4,11-14H2,1-3H3,(H,26,32). The van der Waals surface area contributed by atoms with Crippen molar-refractivity contribution in [1.82, 2.24) is 19.4 Å². The number of fused-ring (bicyclic) bond motifs is 1. The minimum atomic E-state index is -0.0904. The third-order valence-electron chi connectivity index (χ3n) is 6.09. The van der Waals surface area contributed by atoms with Gasteiger partial charge < -0.3 is 10.2 Å². The van der Waals surface area contributed by atoms with Crippen molar-refractivity contribution in [2.45, 2.75) is 33.4 Å². The van der Waals surface area contributed by atoms with Crippen LogP contribution in [0.3, 0.4) is 0 Å². The van der Waals surface area contributed by atoms with Crippen molar-refractivity contribution in [3.05, 3.63) is 69.2 Å². The highest BCUT2D eigenvalue weighted by Gasteiger charge is 2.27. The van der Waals surface area contributed by atoms with Gasteiger partial charge in [0, 0.05) is 43.4 Å². The van der Waals surface area contributed by atoms with Gasteiger partial charge in [-0.15, -0.1) is 0 Å². The Morgan fingerprint density at radius 3 is 2.47 bits per heavy atom. The van der Waals surface area contributed by atoms with Crippen LogP contribution in [0, 0.1) is 6.92 Å². The van der Waals surface area contributed by atoms with E-state index in [-0.39, 0.29) is 17.6 Å². The molecule has 0 saturated carbocycles. The fraction of sp³-hybridized carbons (Fsp3) is 0.375. The van der Waals surface area contributed by atoms with Gasteiger partial charge in [-0.1, -0.05) is 29.3 Å². The second kappa shape index (κ2) is 9.30. The Morgan fingerprint density at radius 1 is 1.12 bits per heavy atom. The van der Waals surface area contributed by atoms with Gasteiger partial charge in [0.05, 0.1) is 16.9 Å². The largest absolute Gasteiger partial charge is 0.322 e. The zero-order chi connectivity index (χ0) is 22.8. The molecular formula is C24H28ClN5O2. The zero-order valence-corrected chi connectivity index (χ0v) is 19.4. The average molecular weight is 454 g/mol. The molecule has 0 aliphatic carbocycles. The summed E-state index contributed by atoms with van der Waals surface area (Å²) in [7, 11) is 0. The summed E-state index contributed by atoms with van der Waals surface area (Å²) in [4.78, 5) is 34.6. The average Bonchev–Trinajstić information content (AvgIpc) is 2.80. The van der Waals surface area contributed by atoms with Gasteiger partial charge in [-0.3, -0.25) is 14.3 Å². The normalized spacial score (nSPS) is 15.7. The Labute approximate surface area is 192 Å². The Hall–Kier alpha value is -2.90. The second-order valence-electron chi connectivity index (χ2n) is 8.18. The Balaban J connectivity index is 1.47. The molecule has 8 heteroatoms. The number of halogens is 1. The van der Waals surface area contributed by atoms with E-state index >= 15 is 0 Å². The number of nitrogens with zero attached hydrogens (tertiary/aromatic N) is 4. The smallest absolute Gasteiger partial charge is 0.321 e. The van der Waals surface area contributed by atoms with E-state index < -0.39 is 0 Å². The fourth-order valence-electron chi connectivity index (χ4n) is 4.15. The van der Waals surface area contributed by atoms with Crippen LogP contribution in [0.2, 0.25) is 5.02 Å². The highest BCUT2D eigenvalue weighted by Crippen LogP contribution is 2.23. The van der Waals surface area contributed by atoms with Gasteiger partial charge in [0.2, 0.25) is 0 Å². The maximum atomic E-state index is 13.0. The van der Waals surface area contributed by atoms with Crippen LogP contribution in [0.25, 0.3) is 10.9 Å². The molecule has 2 aromatic carbocycles. The van der Waals surface area contributed by atoms with Gasteiger partial charge in [-0.2, -0.15) is 0 Å². The highest BCUT2D eigenvalue weighted by atomic mass is 35.5. The molecule has 1 aliphatic heterocycles. The number of benzene rings is 2. The molecule has 3 aromatic rings. The van der Waals surface area contributed by atoms with E-state index in [2.05, 4.69) is 17.1 Å². The molecule has 0 radical (unpaired) electrons. The number of hydrogen-bond acceptors (Lipinski definition) is 4. The number of amides is 2. The third-order valence-corrected chi connectivity index (χ3v) is 6.32. The molecule has 7 nitrogen and oxygen atoms in total. The Morgan fingerprint density at radius 2 is 1.81 bits per heavy atom. The third kappa shape index (κ3) is 4.49. The number of anilines is 1. The first kappa shape index (κ1) is 22.3. The number of piperazine rings is 1. The topological polar surface area (TPSA) is 70.5 Å². The molecule has 1 N–H and O–H groups in total. The van der Waals surface area contributed by atoms with Gasteiger partial charge in [-0.25, -0.2) is 9.78 Å². The van der Waals surface area contributed by atoms with Crippen LogP contribution in [0.5, 0.6) is 0 Å². The number of carbonyl (C=O) groups excluding carboxylic acids is 1. The fourth-order valence-corrected chi connectivity index (χ4v) is 4.32. The molecule has 1 atom stereocenters. The monoisotopic (exact) mass is 453 g/mol. The number of carbonyl (C=O) groups is 1. The Bertz CT molecular complexity index is 1180. The second-order valence-corrected chi connectivity index (χ2v) is 8.61. The lowest BCUT2D eigenvalue weighted by Gasteiger charge is -2.38. The molecule has 2 amide bonds. The van der Waals surface area contributed by atoms with E-state index in [1.165, 1.54) is 0 Å². The van der Waals surface area contributed by atoms with E-state index in [0.29, 0.717) is 48.6 Å². The van der Waals surface area contributed by atoms with Gasteiger partial charge in [0.25, 0.3) is 5.56 Å². The molecule has 1 unspecified atom stereocenters. The molecule has 1 aliphatic rings. The summed E-state index contributed by atoms with van der Waals surface area (Å²) in [5.74, 6) is 0.741. The summed E-state index contributed by atoms with van der Waals surface area (Å²) in [6.45, 7) is 9.21. The summed E-state index contributed by atoms with van der Waals surface area (Å²) in [6, 6.07) is 12.9. The minimum Gasteiger partial charge on any atom is -0.322 e. The maximum absolute atomic E-state index is 13.0. The predicted molar refractivity (Wildman–Crippen MR) is 128 cm³/mol. The summed E-state index contributed by atoms with van der Waals surface area (Å²) < 4.78 is 1.72. The number of urea groups is 1. The van der Waals surface area contributed by atoms with E-state index in [0.717, 1.165) is 17.1 Å². The molecule has 2 heterocycles. The first-order chi connectivity index (χ1) is 15.4. The molecule has 0 bridgehead atoms. The van der Waals surface area contributed by atoms with E-state index in [9.17, 15) is 9.59 Å². The van der Waals surface area contributed by atoms with Crippen LogP contribution >= 0.6 is 11.6 Å². The van der Waals surface area contributed by atoms with Crippen LogP contribution in [-0.2, 0) is 6.54 Å². The van der Waals surface area contributed by atoms with Gasteiger partial charge in [0.1, 0.15) is 5.82 Å². The van der Waals surface area contributed by atoms with Gasteiger partial charge in [-0.05, 0) is 51.1 Å². The van der Waals surface area contributed by atoms with Crippen LogP contribution in [0.1, 0.15) is 31.3 Å². The summed E-state index contributed by atoms with van der Waals surface area (Å²) in [5.41, 5.74) is 2.53. The lowest BCUT2D eigenvalue weighted by molar-refractivity contribution is 0.114. The molecule has 1 fully saturated rings. The van der Waals surface area contributed by atoms with E-state index in [1.54, 1.807) is 22.8 Å². The number of aromatic nitrogens is 2. The molecular weight excluding hydrogens is 426 g/mol. The number of aryl methyl sites for hydroxylation is 1. The van der Waals surface area contributed by atoms with Crippen molar-refractivity contribution in [3.63, 3.8) is 0 Å². The highest BCUT2D eigenvalue weighted by molar-refractivity contribution is 6.31. The SMILES string of the molecule is CCn1c(C(C)N2CCN(C(=O)Nc3ccc(C)cc3)CC2)nc2ccc(Cl)cc2c1=O. The predicted octanol–water partition coefficient (Wildman–Crippen LogP) is 4.29. The molecule has 32 heavy (non-hydrogen) atoms. The van der Waals surface area contributed by atoms with Gasteiger partial charge in [0.15, 0.2) is 0 Å². The van der Waals surface area contributed by atoms with Crippen molar-refractivity contribution in [2.75, 3.05) is 31.5 Å². The van der Waals surface area contributed by atoms with Crippen LogP contribution < -0.4 is 10.9 Å². The van der Waals surface area contributed by atoms with Crippen molar-refractivity contribution in [2.24, 2.45) is 0 Å². The van der Waals surface area contributed by atoms with Crippen molar-refractivity contribution in [3.8, 4) is 0 Å². The molecule has 0 spiro atoms. The summed E-state index contributed by atoms with van der Waals surface area (Å²) >= 11 is 6.09. The van der Waals surface area contributed by atoms with Crippen LogP contribution in [0.4, 0.5) is 10.5 Å². The number of hydrogen-bond donors (Lipinski definition) is 1. The molecule has 1 aromatic heterocycles. The summed E-state index contributed by atoms with van der Waals surface area (Å²) in [6.07, 6.45) is 0. The van der Waals surface area contributed by atoms with Crippen molar-refractivity contribution in [1.29, 1.82) is 0 Å². The molecule has 168 valence electrons.